The molecule has 172 valence electrons. The molecule has 1 saturated carbocycles. The molecule has 0 bridgehead atoms. The van der Waals surface area contributed by atoms with Crippen LogP contribution in [0.25, 0.3) is 11.2 Å². The molecule has 4 aromatic rings. The van der Waals surface area contributed by atoms with Gasteiger partial charge in [-0.3, -0.25) is 0 Å². The van der Waals surface area contributed by atoms with Crippen LogP contribution in [0.4, 0.5) is 5.82 Å². The van der Waals surface area contributed by atoms with E-state index < -0.39 is 6.29 Å². The van der Waals surface area contributed by atoms with E-state index >= 15 is 0 Å². The summed E-state index contributed by atoms with van der Waals surface area (Å²) in [6.07, 6.45) is 4.73. The molecule has 2 aliphatic rings. The summed E-state index contributed by atoms with van der Waals surface area (Å²) in [5, 5.41) is 2.07. The van der Waals surface area contributed by atoms with Crippen molar-refractivity contribution >= 4 is 56.3 Å². The molecule has 1 atom stereocenters. The highest BCUT2D eigenvalue weighted by Gasteiger charge is 2.45. The minimum absolute atomic E-state index is 0.00604. The van der Waals surface area contributed by atoms with E-state index in [0.29, 0.717) is 28.6 Å². The average Bonchev–Trinajstić information content (AvgIpc) is 3.33. The van der Waals surface area contributed by atoms with E-state index in [0.717, 1.165) is 33.1 Å². The van der Waals surface area contributed by atoms with E-state index in [2.05, 4.69) is 42.6 Å². The first-order valence-corrected chi connectivity index (χ1v) is 12.7. The highest BCUT2D eigenvalue weighted by atomic mass is 79.9. The lowest BCUT2D eigenvalue weighted by atomic mass is 9.96. The molecule has 7 nitrogen and oxygen atoms in total. The van der Waals surface area contributed by atoms with Crippen molar-refractivity contribution in [1.29, 1.82) is 0 Å². The summed E-state index contributed by atoms with van der Waals surface area (Å²) in [4.78, 5) is 13.4. The van der Waals surface area contributed by atoms with Crippen molar-refractivity contribution in [2.45, 2.75) is 36.2 Å². The first-order valence-electron chi connectivity index (χ1n) is 10.7. The van der Waals surface area contributed by atoms with Gasteiger partial charge >= 0.3 is 0 Å². The summed E-state index contributed by atoms with van der Waals surface area (Å²) in [6.45, 7) is 0.714. The zero-order chi connectivity index (χ0) is 23.3. The second kappa shape index (κ2) is 8.48. The van der Waals surface area contributed by atoms with Crippen molar-refractivity contribution in [1.82, 2.24) is 19.5 Å². The van der Waals surface area contributed by atoms with Gasteiger partial charge in [0.25, 0.3) is 6.29 Å². The second-order valence-corrected chi connectivity index (χ2v) is 10.6. The Hall–Kier alpha value is -2.75. The van der Waals surface area contributed by atoms with E-state index in [1.807, 2.05) is 36.4 Å². The smallest absolute Gasteiger partial charge is 0.268 e. The molecule has 1 aliphatic heterocycles. The molecule has 10 heteroatoms. The molecule has 0 amide bonds. The molecule has 1 unspecified atom stereocenters. The average molecular weight is 557 g/mol. The van der Waals surface area contributed by atoms with E-state index in [1.54, 1.807) is 6.26 Å². The molecule has 6 rings (SSSR count). The number of rotatable bonds is 6. The lowest BCUT2D eigenvalue weighted by Gasteiger charge is -2.19. The number of imidazole rings is 1. The first-order chi connectivity index (χ1) is 16.5. The molecule has 2 aromatic heterocycles. The molecule has 2 aromatic carbocycles. The number of nitrogen functional groups attached to an aromatic ring is 1. The third kappa shape index (κ3) is 3.91. The van der Waals surface area contributed by atoms with E-state index in [4.69, 9.17) is 31.8 Å². The number of fused-ring (bicyclic) bond motifs is 1. The molecule has 34 heavy (non-hydrogen) atoms. The lowest BCUT2D eigenvalue weighted by molar-refractivity contribution is -0.0278. The Kier molecular flexibility index (Phi) is 5.43. The number of hydrogen-bond donors (Lipinski definition) is 1. The number of anilines is 1. The molecular formula is C24H19BrClN5O2S. The zero-order valence-corrected chi connectivity index (χ0v) is 21.0. The van der Waals surface area contributed by atoms with Gasteiger partial charge < -0.3 is 19.8 Å². The Labute approximate surface area is 213 Å². The summed E-state index contributed by atoms with van der Waals surface area (Å²) in [5.41, 5.74) is 9.61. The molecule has 0 saturated heterocycles. The SMILES string of the molecule is Nc1ncnc2c1nc(SC1=COC(c3ccccc3Br)O1)n2CC1(c2ccc(Cl)cc2)CC1. The number of nitrogens with two attached hydrogens (primary N) is 1. The van der Waals surface area contributed by atoms with Crippen molar-refractivity contribution in [2.75, 3.05) is 5.73 Å². The van der Waals surface area contributed by atoms with Crippen LogP contribution >= 0.6 is 39.3 Å². The minimum atomic E-state index is -0.524. The monoisotopic (exact) mass is 555 g/mol. The van der Waals surface area contributed by atoms with Gasteiger partial charge in [-0.1, -0.05) is 57.9 Å². The lowest BCUT2D eigenvalue weighted by Crippen LogP contribution is -2.17. The zero-order valence-electron chi connectivity index (χ0n) is 17.8. The summed E-state index contributed by atoms with van der Waals surface area (Å²) in [6, 6.07) is 15.9. The van der Waals surface area contributed by atoms with Crippen LogP contribution < -0.4 is 5.73 Å². The highest BCUT2D eigenvalue weighted by Crippen LogP contribution is 2.51. The number of thioether (sulfide) groups is 1. The number of hydrogen-bond acceptors (Lipinski definition) is 7. The number of aromatic nitrogens is 4. The first kappa shape index (κ1) is 21.8. The fraction of sp³-hybridized carbons (Fsp3) is 0.208. The second-order valence-electron chi connectivity index (χ2n) is 8.35. The fourth-order valence-electron chi connectivity index (χ4n) is 4.17. The van der Waals surface area contributed by atoms with Crippen LogP contribution in [0.15, 0.2) is 75.8 Å². The minimum Gasteiger partial charge on any atom is -0.454 e. The maximum atomic E-state index is 6.14. The predicted octanol–water partition coefficient (Wildman–Crippen LogP) is 6.19. The summed E-state index contributed by atoms with van der Waals surface area (Å²) >= 11 is 11.1. The van der Waals surface area contributed by atoms with Crippen LogP contribution in [-0.4, -0.2) is 19.5 Å². The van der Waals surface area contributed by atoms with Gasteiger partial charge in [0.15, 0.2) is 22.1 Å². The Balaban J connectivity index is 1.31. The number of ether oxygens (including phenoxy) is 2. The number of halogens is 2. The van der Waals surface area contributed by atoms with Crippen LogP contribution in [0.5, 0.6) is 0 Å². The van der Waals surface area contributed by atoms with E-state index in [1.165, 1.54) is 23.7 Å². The molecule has 1 aliphatic carbocycles. The number of nitrogens with zero attached hydrogens (tertiary/aromatic N) is 4. The van der Waals surface area contributed by atoms with Crippen LogP contribution in [0, 0.1) is 0 Å². The van der Waals surface area contributed by atoms with E-state index in [-0.39, 0.29) is 5.41 Å². The Morgan fingerprint density at radius 1 is 1.15 bits per heavy atom. The van der Waals surface area contributed by atoms with Crippen LogP contribution in [0.3, 0.4) is 0 Å². The quantitative estimate of drug-likeness (QED) is 0.303. The Morgan fingerprint density at radius 2 is 1.94 bits per heavy atom. The number of benzene rings is 2. The maximum absolute atomic E-state index is 6.14. The fourth-order valence-corrected chi connectivity index (χ4v) is 5.58. The Bertz CT molecular complexity index is 1420. The van der Waals surface area contributed by atoms with Gasteiger partial charge in [0.05, 0.1) is 0 Å². The van der Waals surface area contributed by atoms with Crippen molar-refractivity contribution in [3.8, 4) is 0 Å². The van der Waals surface area contributed by atoms with Crippen LogP contribution in [0.2, 0.25) is 5.02 Å². The third-order valence-electron chi connectivity index (χ3n) is 6.16. The normalized spacial score (nSPS) is 18.4. The van der Waals surface area contributed by atoms with Crippen molar-refractivity contribution in [3.05, 3.63) is 86.8 Å². The maximum Gasteiger partial charge on any atom is 0.268 e. The topological polar surface area (TPSA) is 88.1 Å². The highest BCUT2D eigenvalue weighted by molar-refractivity contribution is 9.10. The summed E-state index contributed by atoms with van der Waals surface area (Å²) in [5.74, 6) is 0.352. The van der Waals surface area contributed by atoms with Crippen molar-refractivity contribution < 1.29 is 9.47 Å². The van der Waals surface area contributed by atoms with Gasteiger partial charge in [-0.15, -0.1) is 0 Å². The molecule has 0 radical (unpaired) electrons. The molecule has 0 spiro atoms. The van der Waals surface area contributed by atoms with Gasteiger partial charge in [0.1, 0.15) is 12.6 Å². The molecule has 2 N–H and O–H groups in total. The van der Waals surface area contributed by atoms with Gasteiger partial charge in [-0.25, -0.2) is 15.0 Å². The largest absolute Gasteiger partial charge is 0.454 e. The van der Waals surface area contributed by atoms with E-state index in [9.17, 15) is 0 Å². The van der Waals surface area contributed by atoms with Gasteiger partial charge in [-0.2, -0.15) is 0 Å². The Morgan fingerprint density at radius 3 is 2.71 bits per heavy atom. The van der Waals surface area contributed by atoms with Crippen molar-refractivity contribution in [3.63, 3.8) is 0 Å². The summed E-state index contributed by atoms with van der Waals surface area (Å²) < 4.78 is 14.9. The molecule has 1 fully saturated rings. The predicted molar refractivity (Wildman–Crippen MR) is 135 cm³/mol. The summed E-state index contributed by atoms with van der Waals surface area (Å²) in [7, 11) is 0. The van der Waals surface area contributed by atoms with Crippen LogP contribution in [-0.2, 0) is 21.4 Å². The van der Waals surface area contributed by atoms with Crippen molar-refractivity contribution in [2.24, 2.45) is 0 Å². The van der Waals surface area contributed by atoms with Crippen LogP contribution in [0.1, 0.15) is 30.3 Å². The molecular weight excluding hydrogens is 538 g/mol. The third-order valence-corrected chi connectivity index (χ3v) is 8.02. The van der Waals surface area contributed by atoms with Gasteiger partial charge in [0, 0.05) is 27.0 Å². The van der Waals surface area contributed by atoms with Gasteiger partial charge in [-0.05, 0) is 48.4 Å². The van der Waals surface area contributed by atoms with Gasteiger partial charge in [0.2, 0.25) is 5.09 Å². The molecule has 3 heterocycles. The standard InChI is InChI=1S/C24H19BrClN5O2S/c25-17-4-2-1-3-16(17)22-32-11-18(33-22)34-23-30-19-20(27)28-13-29-21(19)31(23)12-24(9-10-24)14-5-7-15(26)8-6-14/h1-8,11,13,22H,9-10,12H2,(H2,27,28,29).